The van der Waals surface area contributed by atoms with Gasteiger partial charge in [0.1, 0.15) is 5.82 Å². The number of hydrogen-bond acceptors (Lipinski definition) is 5. The zero-order valence-corrected chi connectivity index (χ0v) is 24.3. The quantitative estimate of drug-likeness (QED) is 0.252. The SMILES string of the molecule is O=C(Nc1cccc(CC2CC2)c1F)C(c1ccc(CN2N=C(c3ccccc3)OCC2=O)cc1)C1CCCC1.O=C(O)O. The molecule has 10 heteroatoms. The maximum atomic E-state index is 15.2. The van der Waals surface area contributed by atoms with Crippen molar-refractivity contribution in [1.82, 2.24) is 5.01 Å². The summed E-state index contributed by atoms with van der Waals surface area (Å²) < 4.78 is 20.8. The van der Waals surface area contributed by atoms with Gasteiger partial charge in [-0.3, -0.25) is 9.59 Å². The maximum absolute atomic E-state index is 15.2. The highest BCUT2D eigenvalue weighted by Crippen LogP contribution is 2.39. The molecule has 0 saturated heterocycles. The maximum Gasteiger partial charge on any atom is 0.503 e. The Kier molecular flexibility index (Phi) is 9.89. The van der Waals surface area contributed by atoms with Crippen LogP contribution in [-0.2, 0) is 27.3 Å². The molecule has 1 heterocycles. The number of anilines is 1. The molecule has 3 aromatic carbocycles. The van der Waals surface area contributed by atoms with Crippen molar-refractivity contribution >= 4 is 29.6 Å². The van der Waals surface area contributed by atoms with Crippen molar-refractivity contribution in [3.8, 4) is 0 Å². The van der Waals surface area contributed by atoms with E-state index in [2.05, 4.69) is 10.4 Å². The van der Waals surface area contributed by atoms with Crippen LogP contribution in [-0.4, -0.2) is 45.7 Å². The fourth-order valence-corrected chi connectivity index (χ4v) is 5.85. The van der Waals surface area contributed by atoms with Crippen LogP contribution in [0.1, 0.15) is 66.7 Å². The number of nitrogens with zero attached hydrogens (tertiary/aromatic N) is 2. The molecule has 3 aliphatic rings. The van der Waals surface area contributed by atoms with Gasteiger partial charge in [0.25, 0.3) is 5.91 Å². The van der Waals surface area contributed by atoms with Gasteiger partial charge in [0.2, 0.25) is 11.8 Å². The van der Waals surface area contributed by atoms with Crippen LogP contribution in [0.4, 0.5) is 14.9 Å². The highest BCUT2D eigenvalue weighted by Gasteiger charge is 2.33. The zero-order valence-electron chi connectivity index (χ0n) is 24.3. The summed E-state index contributed by atoms with van der Waals surface area (Å²) in [5, 5.41) is 22.7. The fraction of sp³-hybridized carbons (Fsp3) is 0.353. The summed E-state index contributed by atoms with van der Waals surface area (Å²) in [6, 6.07) is 22.6. The Labute approximate surface area is 255 Å². The molecular formula is C34H36FN3O6. The van der Waals surface area contributed by atoms with Gasteiger partial charge in [-0.15, -0.1) is 5.10 Å². The third-order valence-electron chi connectivity index (χ3n) is 8.22. The molecule has 1 aliphatic heterocycles. The van der Waals surface area contributed by atoms with Gasteiger partial charge >= 0.3 is 6.16 Å². The standard InChI is InChI=1S/C33H34FN3O3.CH2O3/c34-31-27(19-22-13-14-22)11-6-12-28(31)35-32(39)30(24-7-4-5-8-24)25-17-15-23(16-18-25)20-37-29(38)21-40-33(36-37)26-9-2-1-3-10-26;2-1(3)4/h1-3,6,9-12,15-18,22,24,30H,4-5,7-8,13-14,19-21H2,(H,35,39);(H2,2,3,4). The van der Waals surface area contributed by atoms with Crippen LogP contribution >= 0.6 is 0 Å². The van der Waals surface area contributed by atoms with E-state index in [1.165, 1.54) is 5.01 Å². The van der Waals surface area contributed by atoms with Crippen LogP contribution in [0.15, 0.2) is 77.9 Å². The molecule has 6 rings (SSSR count). The lowest BCUT2D eigenvalue weighted by Gasteiger charge is -2.25. The first kappa shape index (κ1) is 30.7. The number of hydrazone groups is 1. The van der Waals surface area contributed by atoms with Crippen molar-refractivity contribution in [3.63, 3.8) is 0 Å². The van der Waals surface area contributed by atoms with E-state index in [0.717, 1.165) is 61.6 Å². The van der Waals surface area contributed by atoms with E-state index in [4.69, 9.17) is 19.7 Å². The Balaban J connectivity index is 0.000000906. The molecule has 0 spiro atoms. The number of hydrogen-bond donors (Lipinski definition) is 3. The summed E-state index contributed by atoms with van der Waals surface area (Å²) in [4.78, 5) is 34.7. The van der Waals surface area contributed by atoms with Gasteiger partial charge in [-0.1, -0.05) is 67.4 Å². The van der Waals surface area contributed by atoms with Gasteiger partial charge in [0.15, 0.2) is 6.61 Å². The molecule has 0 bridgehead atoms. The van der Waals surface area contributed by atoms with Gasteiger partial charge in [0, 0.05) is 5.56 Å². The number of carbonyl (C=O) groups excluding carboxylic acids is 2. The molecule has 0 radical (unpaired) electrons. The normalized spacial score (nSPS) is 17.2. The molecule has 9 nitrogen and oxygen atoms in total. The van der Waals surface area contributed by atoms with Crippen molar-refractivity contribution < 1.29 is 33.7 Å². The lowest BCUT2D eigenvalue weighted by molar-refractivity contribution is -0.136. The Morgan fingerprint density at radius 3 is 2.30 bits per heavy atom. The van der Waals surface area contributed by atoms with Crippen molar-refractivity contribution in [2.24, 2.45) is 16.9 Å². The molecule has 1 atom stereocenters. The predicted octanol–water partition coefficient (Wildman–Crippen LogP) is 6.63. The van der Waals surface area contributed by atoms with Crippen LogP contribution in [0.3, 0.4) is 0 Å². The van der Waals surface area contributed by atoms with E-state index in [9.17, 15) is 9.59 Å². The summed E-state index contributed by atoms with van der Waals surface area (Å²) in [6.45, 7) is 0.242. The first-order chi connectivity index (χ1) is 21.3. The summed E-state index contributed by atoms with van der Waals surface area (Å²) in [7, 11) is 0. The van der Waals surface area contributed by atoms with E-state index in [1.807, 2.05) is 66.7 Å². The lowest BCUT2D eigenvalue weighted by atomic mass is 9.83. The van der Waals surface area contributed by atoms with Gasteiger partial charge in [-0.25, -0.2) is 14.2 Å². The molecule has 44 heavy (non-hydrogen) atoms. The number of carboxylic acid groups (broad SMARTS) is 2. The van der Waals surface area contributed by atoms with Gasteiger partial charge in [-0.05, 0) is 78.8 Å². The number of ether oxygens (including phenoxy) is 1. The number of amides is 2. The van der Waals surface area contributed by atoms with Crippen LogP contribution in [0.5, 0.6) is 0 Å². The molecule has 2 fully saturated rings. The average Bonchev–Trinajstić information content (AvgIpc) is 3.67. The minimum absolute atomic E-state index is 0.0614. The topological polar surface area (TPSA) is 129 Å². The summed E-state index contributed by atoms with van der Waals surface area (Å²) in [5.41, 5.74) is 3.57. The number of nitrogens with one attached hydrogen (secondary N) is 1. The Morgan fingerprint density at radius 2 is 1.64 bits per heavy atom. The number of carbonyl (C=O) groups is 3. The second-order valence-electron chi connectivity index (χ2n) is 11.5. The molecule has 2 amide bonds. The largest absolute Gasteiger partial charge is 0.503 e. The molecule has 3 aromatic rings. The molecule has 3 N–H and O–H groups in total. The van der Waals surface area contributed by atoms with E-state index in [1.54, 1.807) is 6.07 Å². The third-order valence-corrected chi connectivity index (χ3v) is 8.22. The van der Waals surface area contributed by atoms with Crippen molar-refractivity contribution in [3.05, 3.63) is 101 Å². The summed E-state index contributed by atoms with van der Waals surface area (Å²) >= 11 is 0. The Hall–Kier alpha value is -4.73. The number of benzene rings is 3. The van der Waals surface area contributed by atoms with Crippen LogP contribution < -0.4 is 5.32 Å². The van der Waals surface area contributed by atoms with Gasteiger partial charge in [0.05, 0.1) is 18.2 Å². The Morgan fingerprint density at radius 1 is 0.955 bits per heavy atom. The van der Waals surface area contributed by atoms with E-state index in [0.29, 0.717) is 23.9 Å². The van der Waals surface area contributed by atoms with Crippen LogP contribution in [0.25, 0.3) is 0 Å². The molecule has 2 aliphatic carbocycles. The minimum atomic E-state index is -1.83. The molecular weight excluding hydrogens is 565 g/mol. The Bertz CT molecular complexity index is 1500. The molecule has 2 saturated carbocycles. The van der Waals surface area contributed by atoms with Crippen molar-refractivity contribution in [2.75, 3.05) is 11.9 Å². The smallest absolute Gasteiger partial charge is 0.466 e. The number of rotatable bonds is 9. The first-order valence-electron chi connectivity index (χ1n) is 14.9. The van der Waals surface area contributed by atoms with Gasteiger partial charge < -0.3 is 20.3 Å². The minimum Gasteiger partial charge on any atom is -0.466 e. The summed E-state index contributed by atoms with van der Waals surface area (Å²) in [5.74, 6) is 0.143. The van der Waals surface area contributed by atoms with Crippen LogP contribution in [0.2, 0.25) is 0 Å². The third kappa shape index (κ3) is 8.00. The zero-order chi connectivity index (χ0) is 31.1. The van der Waals surface area contributed by atoms with E-state index < -0.39 is 6.16 Å². The lowest BCUT2D eigenvalue weighted by Crippen LogP contribution is -2.36. The first-order valence-corrected chi connectivity index (χ1v) is 14.9. The average molecular weight is 602 g/mol. The predicted molar refractivity (Wildman–Crippen MR) is 163 cm³/mol. The van der Waals surface area contributed by atoms with Gasteiger partial charge in [-0.2, -0.15) is 0 Å². The number of halogens is 1. The highest BCUT2D eigenvalue weighted by molar-refractivity contribution is 5.98. The van der Waals surface area contributed by atoms with Crippen LogP contribution in [0, 0.1) is 17.7 Å². The molecule has 0 aromatic heterocycles. The highest BCUT2D eigenvalue weighted by atomic mass is 19.1. The second kappa shape index (κ2) is 14.2. The van der Waals surface area contributed by atoms with E-state index in [-0.39, 0.29) is 41.8 Å². The summed E-state index contributed by atoms with van der Waals surface area (Å²) in [6.07, 6.45) is 5.33. The van der Waals surface area contributed by atoms with Crippen molar-refractivity contribution in [1.29, 1.82) is 0 Å². The van der Waals surface area contributed by atoms with Crippen molar-refractivity contribution in [2.45, 2.75) is 57.4 Å². The molecule has 1 unspecified atom stereocenters. The monoisotopic (exact) mass is 601 g/mol. The molecule has 230 valence electrons. The van der Waals surface area contributed by atoms with E-state index >= 15 is 4.39 Å². The second-order valence-corrected chi connectivity index (χ2v) is 11.5. The fourth-order valence-electron chi connectivity index (χ4n) is 5.85.